The van der Waals surface area contributed by atoms with Gasteiger partial charge in [0, 0.05) is 31.9 Å². The van der Waals surface area contributed by atoms with E-state index in [0.717, 1.165) is 12.2 Å². The van der Waals surface area contributed by atoms with Gasteiger partial charge in [-0.3, -0.25) is 9.59 Å². The number of hydrogen-bond donors (Lipinski definition) is 0. The Bertz CT molecular complexity index is 471. The second-order valence-electron chi connectivity index (χ2n) is 4.94. The molecule has 5 heteroatoms. The first-order valence-corrected chi connectivity index (χ1v) is 7.95. The lowest BCUT2D eigenvalue weighted by Crippen LogP contribution is -2.48. The summed E-state index contributed by atoms with van der Waals surface area (Å²) in [7, 11) is 0. The van der Waals surface area contributed by atoms with E-state index in [2.05, 4.69) is 19.1 Å². The van der Waals surface area contributed by atoms with Gasteiger partial charge in [-0.15, -0.1) is 11.8 Å². The number of hydrogen-bond acceptors (Lipinski definition) is 3. The molecule has 0 radical (unpaired) electrons. The first kappa shape index (κ1) is 14.9. The van der Waals surface area contributed by atoms with E-state index in [0.29, 0.717) is 31.9 Å². The highest BCUT2D eigenvalue weighted by molar-refractivity contribution is 7.99. The van der Waals surface area contributed by atoms with Gasteiger partial charge in [-0.25, -0.2) is 0 Å². The Balaban J connectivity index is 1.73. The van der Waals surface area contributed by atoms with Crippen LogP contribution in [0.4, 0.5) is 0 Å². The number of piperazine rings is 1. The zero-order chi connectivity index (χ0) is 14.4. The molecule has 1 fully saturated rings. The van der Waals surface area contributed by atoms with Gasteiger partial charge in [0.25, 0.3) is 0 Å². The standard InChI is InChI=1S/C15H20N2O2S/c1-13-4-2-3-5-14(13)10-20-11-15(19)17-8-6-16(12-18)7-9-17/h2-5,12H,6-11H2,1H3. The summed E-state index contributed by atoms with van der Waals surface area (Å²) in [6, 6.07) is 8.26. The fraction of sp³-hybridized carbons (Fsp3) is 0.467. The maximum absolute atomic E-state index is 12.1. The highest BCUT2D eigenvalue weighted by Crippen LogP contribution is 2.16. The quantitative estimate of drug-likeness (QED) is 0.773. The number of benzene rings is 1. The normalized spacial score (nSPS) is 15.2. The van der Waals surface area contributed by atoms with Gasteiger partial charge in [0.1, 0.15) is 0 Å². The lowest BCUT2D eigenvalue weighted by atomic mass is 10.1. The molecule has 0 unspecified atom stereocenters. The Morgan fingerprint density at radius 1 is 1.25 bits per heavy atom. The molecule has 0 aromatic heterocycles. The minimum Gasteiger partial charge on any atom is -0.342 e. The van der Waals surface area contributed by atoms with Gasteiger partial charge in [0.2, 0.25) is 12.3 Å². The van der Waals surface area contributed by atoms with Crippen LogP contribution in [0.25, 0.3) is 0 Å². The number of carbonyl (C=O) groups is 2. The Morgan fingerprint density at radius 3 is 2.60 bits per heavy atom. The van der Waals surface area contributed by atoms with Crippen molar-refractivity contribution in [3.8, 4) is 0 Å². The van der Waals surface area contributed by atoms with E-state index in [-0.39, 0.29) is 5.91 Å². The number of amides is 2. The fourth-order valence-electron chi connectivity index (χ4n) is 2.19. The van der Waals surface area contributed by atoms with E-state index in [1.165, 1.54) is 11.1 Å². The number of thioether (sulfide) groups is 1. The highest BCUT2D eigenvalue weighted by Gasteiger charge is 2.19. The van der Waals surface area contributed by atoms with Crippen LogP contribution in [0.5, 0.6) is 0 Å². The summed E-state index contributed by atoms with van der Waals surface area (Å²) in [5, 5.41) is 0. The van der Waals surface area contributed by atoms with Gasteiger partial charge in [0.15, 0.2) is 0 Å². The third-order valence-electron chi connectivity index (χ3n) is 3.56. The molecular formula is C15H20N2O2S. The predicted octanol–water partition coefficient (Wildman–Crippen LogP) is 1.53. The first-order valence-electron chi connectivity index (χ1n) is 6.80. The second-order valence-corrected chi connectivity index (χ2v) is 5.93. The fourth-order valence-corrected chi connectivity index (χ4v) is 3.19. The minimum absolute atomic E-state index is 0.175. The number of rotatable bonds is 5. The summed E-state index contributed by atoms with van der Waals surface area (Å²) < 4.78 is 0. The molecule has 0 bridgehead atoms. The average molecular weight is 292 g/mol. The van der Waals surface area contributed by atoms with E-state index >= 15 is 0 Å². The summed E-state index contributed by atoms with van der Waals surface area (Å²) in [6.45, 7) is 4.71. The molecule has 4 nitrogen and oxygen atoms in total. The molecule has 2 rings (SSSR count). The van der Waals surface area contributed by atoms with Crippen LogP contribution in [0, 0.1) is 6.92 Å². The number of aryl methyl sites for hydroxylation is 1. The first-order chi connectivity index (χ1) is 9.70. The molecule has 1 aliphatic rings. The van der Waals surface area contributed by atoms with E-state index in [4.69, 9.17) is 0 Å². The van der Waals surface area contributed by atoms with Crippen molar-refractivity contribution >= 4 is 24.1 Å². The van der Waals surface area contributed by atoms with Gasteiger partial charge in [0.05, 0.1) is 5.75 Å². The monoisotopic (exact) mass is 292 g/mol. The van der Waals surface area contributed by atoms with Gasteiger partial charge in [-0.2, -0.15) is 0 Å². The Hall–Kier alpha value is -1.49. The van der Waals surface area contributed by atoms with Crippen LogP contribution in [0.3, 0.4) is 0 Å². The molecule has 0 atom stereocenters. The molecule has 0 aliphatic carbocycles. The van der Waals surface area contributed by atoms with E-state index in [1.54, 1.807) is 16.7 Å². The van der Waals surface area contributed by atoms with Gasteiger partial charge in [-0.1, -0.05) is 24.3 Å². The maximum atomic E-state index is 12.1. The topological polar surface area (TPSA) is 40.6 Å². The smallest absolute Gasteiger partial charge is 0.232 e. The SMILES string of the molecule is Cc1ccccc1CSCC(=O)N1CCN(C=O)CC1. The van der Waals surface area contributed by atoms with E-state index in [1.807, 2.05) is 17.0 Å². The Morgan fingerprint density at radius 2 is 1.95 bits per heavy atom. The molecule has 1 aromatic rings. The third kappa shape index (κ3) is 4.00. The number of nitrogens with zero attached hydrogens (tertiary/aromatic N) is 2. The van der Waals surface area contributed by atoms with E-state index < -0.39 is 0 Å². The summed E-state index contributed by atoms with van der Waals surface area (Å²) in [6.07, 6.45) is 0.856. The van der Waals surface area contributed by atoms with Crippen LogP contribution in [-0.2, 0) is 15.3 Å². The zero-order valence-corrected chi connectivity index (χ0v) is 12.6. The molecular weight excluding hydrogens is 272 g/mol. The van der Waals surface area contributed by atoms with E-state index in [9.17, 15) is 9.59 Å². The molecule has 108 valence electrons. The molecule has 0 saturated carbocycles. The van der Waals surface area contributed by atoms with Crippen molar-refractivity contribution in [1.82, 2.24) is 9.80 Å². The molecule has 1 heterocycles. The summed E-state index contributed by atoms with van der Waals surface area (Å²) >= 11 is 1.65. The van der Waals surface area contributed by atoms with Crippen molar-refractivity contribution < 1.29 is 9.59 Å². The van der Waals surface area contributed by atoms with Crippen molar-refractivity contribution in [2.45, 2.75) is 12.7 Å². The van der Waals surface area contributed by atoms with Crippen molar-refractivity contribution in [1.29, 1.82) is 0 Å². The molecule has 1 aliphatic heterocycles. The lowest BCUT2D eigenvalue weighted by Gasteiger charge is -2.32. The average Bonchev–Trinajstić information content (AvgIpc) is 2.49. The Labute approximate surface area is 124 Å². The summed E-state index contributed by atoms with van der Waals surface area (Å²) in [5.74, 6) is 1.55. The maximum Gasteiger partial charge on any atom is 0.232 e. The Kier molecular flexibility index (Phi) is 5.47. The number of carbonyl (C=O) groups excluding carboxylic acids is 2. The molecule has 20 heavy (non-hydrogen) atoms. The van der Waals surface area contributed by atoms with Crippen molar-refractivity contribution in [2.75, 3.05) is 31.9 Å². The van der Waals surface area contributed by atoms with Crippen molar-refractivity contribution in [2.24, 2.45) is 0 Å². The van der Waals surface area contributed by atoms with Crippen LogP contribution >= 0.6 is 11.8 Å². The van der Waals surface area contributed by atoms with Crippen molar-refractivity contribution in [3.05, 3.63) is 35.4 Å². The predicted molar refractivity (Wildman–Crippen MR) is 81.6 cm³/mol. The molecule has 0 N–H and O–H groups in total. The minimum atomic E-state index is 0.175. The molecule has 2 amide bonds. The molecule has 0 spiro atoms. The largest absolute Gasteiger partial charge is 0.342 e. The van der Waals surface area contributed by atoms with Gasteiger partial charge < -0.3 is 9.80 Å². The van der Waals surface area contributed by atoms with Crippen molar-refractivity contribution in [3.63, 3.8) is 0 Å². The summed E-state index contributed by atoms with van der Waals surface area (Å²) in [5.41, 5.74) is 2.56. The highest BCUT2D eigenvalue weighted by atomic mass is 32.2. The second kappa shape index (κ2) is 7.33. The van der Waals surface area contributed by atoms with Gasteiger partial charge >= 0.3 is 0 Å². The van der Waals surface area contributed by atoms with Crippen LogP contribution in [0.2, 0.25) is 0 Å². The van der Waals surface area contributed by atoms with Crippen LogP contribution in [-0.4, -0.2) is 54.0 Å². The summed E-state index contributed by atoms with van der Waals surface area (Å²) in [4.78, 5) is 26.2. The van der Waals surface area contributed by atoms with Gasteiger partial charge in [-0.05, 0) is 18.1 Å². The molecule has 1 aromatic carbocycles. The zero-order valence-electron chi connectivity index (χ0n) is 11.7. The lowest BCUT2D eigenvalue weighted by molar-refractivity contribution is -0.132. The van der Waals surface area contributed by atoms with Crippen LogP contribution in [0.1, 0.15) is 11.1 Å². The third-order valence-corrected chi connectivity index (χ3v) is 4.53. The van der Waals surface area contributed by atoms with Crippen LogP contribution in [0.15, 0.2) is 24.3 Å². The molecule has 1 saturated heterocycles. The van der Waals surface area contributed by atoms with Crippen LogP contribution < -0.4 is 0 Å².